The second-order valence-corrected chi connectivity index (χ2v) is 5.20. The van der Waals surface area contributed by atoms with Crippen LogP contribution in [0.25, 0.3) is 0 Å². The highest BCUT2D eigenvalue weighted by atomic mass is 16.6. The SMILES string of the molecule is CC(C)(C)OC(=O)[N+]1(C(=O)O)CCC[C@H]1C=O. The Morgan fingerprint density at radius 1 is 1.41 bits per heavy atom. The maximum absolute atomic E-state index is 12.0. The van der Waals surface area contributed by atoms with E-state index in [1.54, 1.807) is 20.8 Å². The molecule has 0 radical (unpaired) electrons. The number of carbonyl (C=O) groups is 3. The van der Waals surface area contributed by atoms with Crippen LogP contribution in [0.2, 0.25) is 0 Å². The molecule has 1 saturated heterocycles. The maximum atomic E-state index is 12.0. The first kappa shape index (κ1) is 13.6. The van der Waals surface area contributed by atoms with Crippen LogP contribution in [0.5, 0.6) is 0 Å². The normalized spacial score (nSPS) is 28.8. The van der Waals surface area contributed by atoms with Crippen LogP contribution in [-0.2, 0) is 9.53 Å². The molecule has 1 N–H and O–H groups in total. The molecule has 17 heavy (non-hydrogen) atoms. The van der Waals surface area contributed by atoms with Gasteiger partial charge in [-0.15, -0.1) is 4.48 Å². The van der Waals surface area contributed by atoms with E-state index in [1.807, 2.05) is 0 Å². The van der Waals surface area contributed by atoms with Crippen LogP contribution in [0.3, 0.4) is 0 Å². The third kappa shape index (κ3) is 2.46. The van der Waals surface area contributed by atoms with E-state index in [4.69, 9.17) is 4.74 Å². The Morgan fingerprint density at radius 3 is 2.41 bits per heavy atom. The lowest BCUT2D eigenvalue weighted by atomic mass is 10.2. The minimum atomic E-state index is -1.33. The molecule has 1 rings (SSSR count). The van der Waals surface area contributed by atoms with Crippen molar-refractivity contribution < 1.29 is 28.7 Å². The van der Waals surface area contributed by atoms with E-state index in [0.717, 1.165) is 0 Å². The minimum Gasteiger partial charge on any atom is -0.435 e. The van der Waals surface area contributed by atoms with Crippen LogP contribution in [0.4, 0.5) is 9.59 Å². The molecule has 0 aromatic rings. The monoisotopic (exact) mass is 244 g/mol. The number of quaternary nitrogens is 1. The van der Waals surface area contributed by atoms with E-state index < -0.39 is 28.3 Å². The zero-order chi connectivity index (χ0) is 13.3. The standard InChI is InChI=1S/C11H17NO5/c1-11(2,3)17-10(16)12(9(14)15)6-4-5-8(12)7-13/h7-8H,4-6H2,1-3H3/p+1/t8-,12?/m0/s1. The molecule has 0 aromatic heterocycles. The predicted octanol–water partition coefficient (Wildman–Crippen LogP) is 1.78. The molecular weight excluding hydrogens is 226 g/mol. The van der Waals surface area contributed by atoms with Gasteiger partial charge < -0.3 is 9.84 Å². The molecule has 6 heteroatoms. The number of ether oxygens (including phenoxy) is 1. The van der Waals surface area contributed by atoms with Gasteiger partial charge in [0.05, 0.1) is 0 Å². The summed E-state index contributed by atoms with van der Waals surface area (Å²) < 4.78 is 4.18. The lowest BCUT2D eigenvalue weighted by molar-refractivity contribution is -0.787. The molecule has 2 amide bonds. The Balaban J connectivity index is 3.04. The number of nitrogens with zero attached hydrogens (tertiary/aromatic N) is 1. The van der Waals surface area contributed by atoms with Gasteiger partial charge in [0.15, 0.2) is 12.3 Å². The molecule has 1 aliphatic heterocycles. The maximum Gasteiger partial charge on any atom is 0.527 e. The lowest BCUT2D eigenvalue weighted by Crippen LogP contribution is -2.61. The van der Waals surface area contributed by atoms with E-state index in [9.17, 15) is 19.5 Å². The minimum absolute atomic E-state index is 0.105. The largest absolute Gasteiger partial charge is 0.527 e. The number of imide groups is 1. The number of aldehydes is 1. The molecule has 2 atom stereocenters. The molecule has 6 nitrogen and oxygen atoms in total. The number of carbonyl (C=O) groups excluding carboxylic acids is 2. The van der Waals surface area contributed by atoms with Crippen molar-refractivity contribution in [2.45, 2.75) is 45.3 Å². The Morgan fingerprint density at radius 2 is 2.00 bits per heavy atom. The summed E-state index contributed by atoms with van der Waals surface area (Å²) in [5.74, 6) is 0. The van der Waals surface area contributed by atoms with Crippen LogP contribution >= 0.6 is 0 Å². The fourth-order valence-electron chi connectivity index (χ4n) is 1.99. The third-order valence-electron chi connectivity index (χ3n) is 2.79. The number of rotatable bonds is 1. The Kier molecular flexibility index (Phi) is 3.56. The predicted molar refractivity (Wildman–Crippen MR) is 58.5 cm³/mol. The number of hydrogen-bond acceptors (Lipinski definition) is 4. The fraction of sp³-hybridized carbons (Fsp3) is 0.727. The van der Waals surface area contributed by atoms with E-state index in [1.165, 1.54) is 0 Å². The fourth-order valence-corrected chi connectivity index (χ4v) is 1.99. The van der Waals surface area contributed by atoms with Gasteiger partial charge in [-0.2, -0.15) is 9.59 Å². The molecule has 1 fully saturated rings. The van der Waals surface area contributed by atoms with Crippen molar-refractivity contribution >= 4 is 18.5 Å². The molecule has 0 aromatic carbocycles. The number of amides is 2. The highest BCUT2D eigenvalue weighted by Gasteiger charge is 2.57. The van der Waals surface area contributed by atoms with Gasteiger partial charge in [0, 0.05) is 12.8 Å². The summed E-state index contributed by atoms with van der Waals surface area (Å²) in [6.07, 6.45) is -0.733. The van der Waals surface area contributed by atoms with E-state index in [2.05, 4.69) is 0 Å². The lowest BCUT2D eigenvalue weighted by Gasteiger charge is -2.30. The third-order valence-corrected chi connectivity index (χ3v) is 2.79. The van der Waals surface area contributed by atoms with Crippen molar-refractivity contribution in [3.05, 3.63) is 0 Å². The smallest absolute Gasteiger partial charge is 0.435 e. The summed E-state index contributed by atoms with van der Waals surface area (Å²) in [7, 11) is 0. The van der Waals surface area contributed by atoms with E-state index >= 15 is 0 Å². The van der Waals surface area contributed by atoms with Crippen molar-refractivity contribution in [1.29, 1.82) is 0 Å². The highest BCUT2D eigenvalue weighted by molar-refractivity contribution is 5.79. The molecular formula is C11H18NO5+. The van der Waals surface area contributed by atoms with Crippen LogP contribution in [0, 0.1) is 0 Å². The van der Waals surface area contributed by atoms with Crippen molar-refractivity contribution in [1.82, 2.24) is 0 Å². The van der Waals surface area contributed by atoms with Crippen LogP contribution < -0.4 is 0 Å². The molecule has 0 bridgehead atoms. The first-order valence-corrected chi connectivity index (χ1v) is 5.54. The van der Waals surface area contributed by atoms with Crippen LogP contribution in [-0.4, -0.2) is 46.2 Å². The Labute approximate surface area is 99.7 Å². The van der Waals surface area contributed by atoms with Gasteiger partial charge in [-0.05, 0) is 20.8 Å². The second-order valence-electron chi connectivity index (χ2n) is 5.20. The zero-order valence-electron chi connectivity index (χ0n) is 10.3. The molecule has 0 aliphatic carbocycles. The molecule has 1 heterocycles. The average molecular weight is 244 g/mol. The second kappa shape index (κ2) is 4.44. The van der Waals surface area contributed by atoms with Crippen molar-refractivity contribution in [2.24, 2.45) is 0 Å². The summed E-state index contributed by atoms with van der Waals surface area (Å²) >= 11 is 0. The van der Waals surface area contributed by atoms with Gasteiger partial charge in [-0.3, -0.25) is 4.79 Å². The van der Waals surface area contributed by atoms with Gasteiger partial charge >= 0.3 is 12.2 Å². The average Bonchev–Trinajstić information content (AvgIpc) is 2.58. The van der Waals surface area contributed by atoms with Crippen molar-refractivity contribution in [3.63, 3.8) is 0 Å². The van der Waals surface area contributed by atoms with Gasteiger partial charge in [0.1, 0.15) is 12.1 Å². The summed E-state index contributed by atoms with van der Waals surface area (Å²) in [5, 5.41) is 9.25. The number of hydrogen-bond donors (Lipinski definition) is 1. The zero-order valence-corrected chi connectivity index (χ0v) is 10.3. The molecule has 1 aliphatic rings. The van der Waals surface area contributed by atoms with Gasteiger partial charge in [0.25, 0.3) is 0 Å². The number of carboxylic acid groups (broad SMARTS) is 1. The number of likely N-dealkylation sites (tertiary alicyclic amines) is 1. The summed E-state index contributed by atoms with van der Waals surface area (Å²) in [4.78, 5) is 34.2. The Hall–Kier alpha value is -1.43. The summed E-state index contributed by atoms with van der Waals surface area (Å²) in [5.41, 5.74) is -0.770. The van der Waals surface area contributed by atoms with Gasteiger partial charge in [-0.1, -0.05) is 0 Å². The summed E-state index contributed by atoms with van der Waals surface area (Å²) in [6, 6.07) is -0.845. The van der Waals surface area contributed by atoms with Crippen molar-refractivity contribution in [3.8, 4) is 0 Å². The van der Waals surface area contributed by atoms with Crippen molar-refractivity contribution in [2.75, 3.05) is 6.54 Å². The van der Waals surface area contributed by atoms with E-state index in [0.29, 0.717) is 19.1 Å². The first-order valence-electron chi connectivity index (χ1n) is 5.54. The highest BCUT2D eigenvalue weighted by Crippen LogP contribution is 2.29. The van der Waals surface area contributed by atoms with Crippen LogP contribution in [0.15, 0.2) is 0 Å². The molecule has 0 spiro atoms. The van der Waals surface area contributed by atoms with Gasteiger partial charge in [-0.25, -0.2) is 0 Å². The van der Waals surface area contributed by atoms with Gasteiger partial charge in [0.2, 0.25) is 0 Å². The molecule has 0 saturated carbocycles. The first-order chi connectivity index (χ1) is 7.74. The van der Waals surface area contributed by atoms with E-state index in [-0.39, 0.29) is 6.54 Å². The molecule has 96 valence electrons. The topological polar surface area (TPSA) is 80.7 Å². The summed E-state index contributed by atoms with van der Waals surface area (Å²) in [6.45, 7) is 5.09. The quantitative estimate of drug-likeness (QED) is 0.561. The van der Waals surface area contributed by atoms with Crippen LogP contribution in [0.1, 0.15) is 33.6 Å². The molecule has 1 unspecified atom stereocenters. The Bertz CT molecular complexity index is 346.